The molecule has 2 rings (SSSR count). The molecular formula is C17H15FN2O5. The Morgan fingerprint density at radius 3 is 2.60 bits per heavy atom. The van der Waals surface area contributed by atoms with Gasteiger partial charge < -0.3 is 10.1 Å². The van der Waals surface area contributed by atoms with Gasteiger partial charge in [0.05, 0.1) is 10.5 Å². The number of nitro groups is 1. The van der Waals surface area contributed by atoms with Crippen LogP contribution < -0.4 is 5.32 Å². The summed E-state index contributed by atoms with van der Waals surface area (Å²) in [6.45, 7) is 2.89. The van der Waals surface area contributed by atoms with Crippen molar-refractivity contribution >= 4 is 23.3 Å². The van der Waals surface area contributed by atoms with Crippen molar-refractivity contribution in [2.45, 2.75) is 20.0 Å². The maximum absolute atomic E-state index is 13.1. The first-order valence-corrected chi connectivity index (χ1v) is 7.30. The summed E-state index contributed by atoms with van der Waals surface area (Å²) in [4.78, 5) is 34.4. The van der Waals surface area contributed by atoms with Crippen LogP contribution in [0.3, 0.4) is 0 Å². The van der Waals surface area contributed by atoms with E-state index in [-0.39, 0.29) is 16.9 Å². The van der Waals surface area contributed by atoms with Crippen LogP contribution in [0.2, 0.25) is 0 Å². The molecule has 0 saturated carbocycles. The molecule has 130 valence electrons. The molecule has 0 aliphatic heterocycles. The predicted molar refractivity (Wildman–Crippen MR) is 87.7 cm³/mol. The lowest BCUT2D eigenvalue weighted by Crippen LogP contribution is -2.30. The Morgan fingerprint density at radius 1 is 1.24 bits per heavy atom. The van der Waals surface area contributed by atoms with Crippen LogP contribution in [0.25, 0.3) is 0 Å². The van der Waals surface area contributed by atoms with E-state index in [4.69, 9.17) is 4.74 Å². The van der Waals surface area contributed by atoms with E-state index < -0.39 is 28.7 Å². The van der Waals surface area contributed by atoms with E-state index in [1.165, 1.54) is 37.3 Å². The molecule has 1 N–H and O–H groups in total. The Hall–Kier alpha value is -3.29. The van der Waals surface area contributed by atoms with Crippen molar-refractivity contribution in [3.8, 4) is 0 Å². The van der Waals surface area contributed by atoms with Gasteiger partial charge in [0.2, 0.25) is 0 Å². The fourth-order valence-electron chi connectivity index (χ4n) is 2.03. The number of carbonyl (C=O) groups excluding carboxylic acids is 2. The highest BCUT2D eigenvalue weighted by Crippen LogP contribution is 2.20. The number of nitrogens with zero attached hydrogens (tertiary/aromatic N) is 1. The lowest BCUT2D eigenvalue weighted by Gasteiger charge is -2.13. The first kappa shape index (κ1) is 18.1. The number of anilines is 1. The van der Waals surface area contributed by atoms with Gasteiger partial charge in [0.1, 0.15) is 5.82 Å². The van der Waals surface area contributed by atoms with E-state index in [0.717, 1.165) is 12.1 Å². The maximum Gasteiger partial charge on any atom is 0.339 e. The van der Waals surface area contributed by atoms with E-state index in [9.17, 15) is 24.1 Å². The highest BCUT2D eigenvalue weighted by atomic mass is 19.1. The van der Waals surface area contributed by atoms with Crippen molar-refractivity contribution in [1.29, 1.82) is 0 Å². The summed E-state index contributed by atoms with van der Waals surface area (Å²) < 4.78 is 18.1. The number of halogens is 1. The number of amides is 1. The number of aryl methyl sites for hydroxylation is 1. The number of hydrogen-bond acceptors (Lipinski definition) is 5. The number of ether oxygens (including phenoxy) is 1. The van der Waals surface area contributed by atoms with E-state index in [2.05, 4.69) is 5.32 Å². The highest BCUT2D eigenvalue weighted by molar-refractivity contribution is 5.97. The van der Waals surface area contributed by atoms with Gasteiger partial charge in [-0.1, -0.05) is 12.1 Å². The predicted octanol–water partition coefficient (Wildman–Crippen LogP) is 3.23. The zero-order valence-electron chi connectivity index (χ0n) is 13.5. The van der Waals surface area contributed by atoms with Crippen LogP contribution in [-0.2, 0) is 9.53 Å². The molecule has 8 heteroatoms. The minimum atomic E-state index is -1.17. The molecule has 2 aromatic rings. The first-order chi connectivity index (χ1) is 11.8. The second-order valence-corrected chi connectivity index (χ2v) is 5.31. The monoisotopic (exact) mass is 346 g/mol. The Morgan fingerprint density at radius 2 is 1.96 bits per heavy atom. The van der Waals surface area contributed by atoms with Crippen LogP contribution in [0.15, 0.2) is 42.5 Å². The molecule has 0 saturated heterocycles. The van der Waals surface area contributed by atoms with Gasteiger partial charge in [0, 0.05) is 17.3 Å². The number of carbonyl (C=O) groups is 2. The minimum Gasteiger partial charge on any atom is -0.449 e. The third-order valence-electron chi connectivity index (χ3n) is 3.39. The van der Waals surface area contributed by atoms with Crippen molar-refractivity contribution in [2.24, 2.45) is 0 Å². The Labute approximate surface area is 142 Å². The van der Waals surface area contributed by atoms with Crippen molar-refractivity contribution in [2.75, 3.05) is 5.32 Å². The second kappa shape index (κ2) is 7.52. The fraction of sp³-hybridized carbons (Fsp3) is 0.176. The summed E-state index contributed by atoms with van der Waals surface area (Å²) >= 11 is 0. The van der Waals surface area contributed by atoms with Crippen LogP contribution in [0, 0.1) is 22.9 Å². The molecule has 0 radical (unpaired) electrons. The van der Waals surface area contributed by atoms with Crippen LogP contribution >= 0.6 is 0 Å². The van der Waals surface area contributed by atoms with Crippen molar-refractivity contribution in [3.05, 3.63) is 69.5 Å². The topological polar surface area (TPSA) is 98.5 Å². The van der Waals surface area contributed by atoms with E-state index >= 15 is 0 Å². The van der Waals surface area contributed by atoms with Crippen LogP contribution in [0.5, 0.6) is 0 Å². The molecule has 1 atom stereocenters. The Balaban J connectivity index is 2.05. The van der Waals surface area contributed by atoms with Crippen LogP contribution in [0.1, 0.15) is 22.8 Å². The summed E-state index contributed by atoms with van der Waals surface area (Å²) in [5.41, 5.74) is 0.367. The lowest BCUT2D eigenvalue weighted by molar-refractivity contribution is -0.385. The van der Waals surface area contributed by atoms with E-state index in [1.54, 1.807) is 6.92 Å². The molecule has 0 aliphatic rings. The van der Waals surface area contributed by atoms with Gasteiger partial charge in [-0.3, -0.25) is 14.9 Å². The third-order valence-corrected chi connectivity index (χ3v) is 3.39. The first-order valence-electron chi connectivity index (χ1n) is 7.30. The average molecular weight is 346 g/mol. The summed E-state index contributed by atoms with van der Waals surface area (Å²) in [5.74, 6) is -2.04. The molecule has 0 unspecified atom stereocenters. The van der Waals surface area contributed by atoms with Gasteiger partial charge in [-0.2, -0.15) is 0 Å². The standard InChI is InChI=1S/C17H15FN2O5/c1-10-6-7-12(8-15(10)20(23)24)17(22)25-11(2)16(21)19-14-5-3-4-13(18)9-14/h3-9,11H,1-2H3,(H,19,21)/t11-/m0/s1. The normalized spacial score (nSPS) is 11.5. The largest absolute Gasteiger partial charge is 0.449 e. The molecule has 7 nitrogen and oxygen atoms in total. The SMILES string of the molecule is Cc1ccc(C(=O)O[C@@H](C)C(=O)Nc2cccc(F)c2)cc1[N+](=O)[O-]. The molecule has 0 fully saturated rings. The molecular weight excluding hydrogens is 331 g/mol. The Bertz CT molecular complexity index is 838. The van der Waals surface area contributed by atoms with Crippen molar-refractivity contribution in [3.63, 3.8) is 0 Å². The van der Waals surface area contributed by atoms with Crippen LogP contribution in [0.4, 0.5) is 15.8 Å². The lowest BCUT2D eigenvalue weighted by atomic mass is 10.1. The van der Waals surface area contributed by atoms with Crippen LogP contribution in [-0.4, -0.2) is 22.9 Å². The van der Waals surface area contributed by atoms with Gasteiger partial charge in [0.15, 0.2) is 6.10 Å². The molecule has 0 aliphatic carbocycles. The zero-order chi connectivity index (χ0) is 18.6. The second-order valence-electron chi connectivity index (χ2n) is 5.31. The van der Waals surface area contributed by atoms with Gasteiger partial charge in [-0.25, -0.2) is 9.18 Å². The molecule has 0 spiro atoms. The van der Waals surface area contributed by atoms with Gasteiger partial charge in [0.25, 0.3) is 11.6 Å². The van der Waals surface area contributed by atoms with Crippen molar-refractivity contribution < 1.29 is 23.6 Å². The smallest absolute Gasteiger partial charge is 0.339 e. The summed E-state index contributed by atoms with van der Waals surface area (Å²) in [6, 6.07) is 9.15. The highest BCUT2D eigenvalue weighted by Gasteiger charge is 2.21. The van der Waals surface area contributed by atoms with Gasteiger partial charge in [-0.05, 0) is 38.1 Å². The molecule has 0 aromatic heterocycles. The molecule has 0 heterocycles. The van der Waals surface area contributed by atoms with Crippen molar-refractivity contribution in [1.82, 2.24) is 0 Å². The molecule has 25 heavy (non-hydrogen) atoms. The summed E-state index contributed by atoms with van der Waals surface area (Å²) in [6.07, 6.45) is -1.17. The van der Waals surface area contributed by atoms with Gasteiger partial charge >= 0.3 is 5.97 Å². The fourth-order valence-corrected chi connectivity index (χ4v) is 2.03. The minimum absolute atomic E-state index is 0.0392. The quantitative estimate of drug-likeness (QED) is 0.509. The zero-order valence-corrected chi connectivity index (χ0v) is 13.5. The molecule has 2 aromatic carbocycles. The van der Waals surface area contributed by atoms with Gasteiger partial charge in [-0.15, -0.1) is 0 Å². The number of nitro benzene ring substituents is 1. The summed E-state index contributed by atoms with van der Waals surface area (Å²) in [5, 5.41) is 13.3. The number of nitrogens with one attached hydrogen (secondary N) is 1. The maximum atomic E-state index is 13.1. The Kier molecular flexibility index (Phi) is 5.43. The summed E-state index contributed by atoms with van der Waals surface area (Å²) in [7, 11) is 0. The third kappa shape index (κ3) is 4.60. The number of esters is 1. The number of hydrogen-bond donors (Lipinski definition) is 1. The number of rotatable bonds is 5. The van der Waals surface area contributed by atoms with E-state index in [1.807, 2.05) is 0 Å². The number of benzene rings is 2. The molecule has 0 bridgehead atoms. The molecule has 1 amide bonds. The average Bonchev–Trinajstić information content (AvgIpc) is 2.54. The van der Waals surface area contributed by atoms with E-state index in [0.29, 0.717) is 5.56 Å².